The molecule has 1 amide bonds. The largest absolute Gasteiger partial charge is 0.484 e. The highest BCUT2D eigenvalue weighted by Crippen LogP contribution is 2.30. The molecular formula is C17H15F3N2O5. The number of amides is 1. The van der Waals surface area contributed by atoms with Crippen molar-refractivity contribution in [3.8, 4) is 5.75 Å². The highest BCUT2D eigenvalue weighted by atomic mass is 19.4. The molecule has 0 radical (unpaired) electrons. The molecule has 27 heavy (non-hydrogen) atoms. The minimum absolute atomic E-state index is 0.0152. The summed E-state index contributed by atoms with van der Waals surface area (Å²) in [6, 6.07) is 9.25. The number of hydrogen-bond donors (Lipinski definition) is 2. The zero-order valence-corrected chi connectivity index (χ0v) is 13.8. The Morgan fingerprint density at radius 3 is 2.48 bits per heavy atom. The molecule has 1 unspecified atom stereocenters. The van der Waals surface area contributed by atoms with Gasteiger partial charge in [-0.2, -0.15) is 13.2 Å². The lowest BCUT2D eigenvalue weighted by Gasteiger charge is -2.14. The molecule has 0 aliphatic carbocycles. The Morgan fingerprint density at radius 2 is 1.89 bits per heavy atom. The van der Waals surface area contributed by atoms with E-state index in [1.807, 2.05) is 0 Å². The highest BCUT2D eigenvalue weighted by Gasteiger charge is 2.30. The van der Waals surface area contributed by atoms with Crippen molar-refractivity contribution in [3.05, 3.63) is 69.8 Å². The van der Waals surface area contributed by atoms with Gasteiger partial charge in [0.1, 0.15) is 5.75 Å². The van der Waals surface area contributed by atoms with Gasteiger partial charge in [-0.15, -0.1) is 0 Å². The second kappa shape index (κ2) is 8.49. The summed E-state index contributed by atoms with van der Waals surface area (Å²) in [7, 11) is 0. The first kappa shape index (κ1) is 20.2. The van der Waals surface area contributed by atoms with Crippen LogP contribution in [0.1, 0.15) is 17.2 Å². The third-order valence-corrected chi connectivity index (χ3v) is 3.51. The van der Waals surface area contributed by atoms with E-state index in [0.717, 1.165) is 12.1 Å². The van der Waals surface area contributed by atoms with Crippen LogP contribution in [0.15, 0.2) is 48.5 Å². The number of nitro benzene ring substituents is 1. The van der Waals surface area contributed by atoms with Gasteiger partial charge in [-0.25, -0.2) is 0 Å². The maximum atomic E-state index is 12.7. The smallest absolute Gasteiger partial charge is 0.416 e. The van der Waals surface area contributed by atoms with Crippen molar-refractivity contribution in [2.75, 3.05) is 13.2 Å². The van der Waals surface area contributed by atoms with E-state index in [-0.39, 0.29) is 23.5 Å². The monoisotopic (exact) mass is 384 g/mol. The number of halogens is 3. The van der Waals surface area contributed by atoms with Crippen LogP contribution in [0.4, 0.5) is 18.9 Å². The van der Waals surface area contributed by atoms with Gasteiger partial charge in [0.25, 0.3) is 11.6 Å². The molecule has 0 aliphatic rings. The average Bonchev–Trinajstić information content (AvgIpc) is 2.64. The first-order valence-electron chi connectivity index (χ1n) is 7.66. The molecule has 0 heterocycles. The van der Waals surface area contributed by atoms with Gasteiger partial charge in [0.15, 0.2) is 6.61 Å². The summed E-state index contributed by atoms with van der Waals surface area (Å²) in [4.78, 5) is 21.7. The molecule has 0 aromatic heterocycles. The van der Waals surface area contributed by atoms with Gasteiger partial charge < -0.3 is 15.2 Å². The van der Waals surface area contributed by atoms with Gasteiger partial charge in [-0.1, -0.05) is 12.1 Å². The number of alkyl halides is 3. The number of rotatable bonds is 7. The molecule has 0 aliphatic heterocycles. The molecule has 144 valence electrons. The van der Waals surface area contributed by atoms with Crippen LogP contribution in [0, 0.1) is 10.1 Å². The number of nitrogens with zero attached hydrogens (tertiary/aromatic N) is 1. The van der Waals surface area contributed by atoms with Crippen LogP contribution in [0.5, 0.6) is 5.75 Å². The third-order valence-electron chi connectivity index (χ3n) is 3.51. The number of aliphatic hydroxyl groups is 1. The zero-order chi connectivity index (χ0) is 20.0. The minimum Gasteiger partial charge on any atom is -0.484 e. The normalized spacial score (nSPS) is 12.3. The second-order valence-corrected chi connectivity index (χ2v) is 5.48. The Hall–Kier alpha value is -3.14. The first-order chi connectivity index (χ1) is 12.7. The van der Waals surface area contributed by atoms with E-state index >= 15 is 0 Å². The summed E-state index contributed by atoms with van der Waals surface area (Å²) in [5.74, 6) is -0.381. The molecule has 2 rings (SSSR count). The van der Waals surface area contributed by atoms with Crippen LogP contribution < -0.4 is 10.1 Å². The number of non-ortho nitro benzene ring substituents is 1. The van der Waals surface area contributed by atoms with Crippen molar-refractivity contribution in [1.29, 1.82) is 0 Å². The third kappa shape index (κ3) is 5.96. The van der Waals surface area contributed by atoms with E-state index in [4.69, 9.17) is 4.74 Å². The van der Waals surface area contributed by atoms with Crippen LogP contribution in [0.25, 0.3) is 0 Å². The number of carbonyl (C=O) groups excluding carboxylic acids is 1. The van der Waals surface area contributed by atoms with Crippen molar-refractivity contribution in [2.24, 2.45) is 0 Å². The Balaban J connectivity index is 1.83. The number of nitro groups is 1. The molecule has 2 aromatic carbocycles. The van der Waals surface area contributed by atoms with Crippen LogP contribution in [0.2, 0.25) is 0 Å². The van der Waals surface area contributed by atoms with Gasteiger partial charge >= 0.3 is 6.18 Å². The summed E-state index contributed by atoms with van der Waals surface area (Å²) < 4.78 is 43.2. The molecule has 1 atom stereocenters. The van der Waals surface area contributed by atoms with Crippen molar-refractivity contribution < 1.29 is 32.7 Å². The number of benzene rings is 2. The molecule has 10 heteroatoms. The molecule has 7 nitrogen and oxygen atoms in total. The van der Waals surface area contributed by atoms with Gasteiger partial charge in [0.05, 0.1) is 16.6 Å². The van der Waals surface area contributed by atoms with Gasteiger partial charge in [-0.05, 0) is 29.8 Å². The van der Waals surface area contributed by atoms with Crippen molar-refractivity contribution in [1.82, 2.24) is 5.32 Å². The topological polar surface area (TPSA) is 102 Å². The highest BCUT2D eigenvalue weighted by molar-refractivity contribution is 5.77. The zero-order valence-electron chi connectivity index (χ0n) is 13.8. The molecule has 0 spiro atoms. The summed E-state index contributed by atoms with van der Waals surface area (Å²) >= 11 is 0. The number of carbonyl (C=O) groups is 1. The Bertz CT molecular complexity index is 809. The van der Waals surface area contributed by atoms with Gasteiger partial charge in [0.2, 0.25) is 0 Å². The molecule has 0 saturated heterocycles. The van der Waals surface area contributed by atoms with Crippen LogP contribution in [-0.2, 0) is 11.0 Å². The molecule has 2 N–H and O–H groups in total. The maximum absolute atomic E-state index is 12.7. The summed E-state index contributed by atoms with van der Waals surface area (Å²) in [6.07, 6.45) is -5.85. The van der Waals surface area contributed by atoms with Crippen molar-refractivity contribution in [3.63, 3.8) is 0 Å². The second-order valence-electron chi connectivity index (χ2n) is 5.48. The van der Waals surface area contributed by atoms with E-state index in [0.29, 0.717) is 0 Å². The Labute approximate surface area is 151 Å². The number of hydrogen-bond acceptors (Lipinski definition) is 5. The van der Waals surface area contributed by atoms with Crippen LogP contribution in [0.3, 0.4) is 0 Å². The van der Waals surface area contributed by atoms with Crippen LogP contribution >= 0.6 is 0 Å². The fraction of sp³-hybridized carbons (Fsp3) is 0.235. The minimum atomic E-state index is -4.53. The average molecular weight is 384 g/mol. The lowest BCUT2D eigenvalue weighted by Crippen LogP contribution is -2.32. The fourth-order valence-corrected chi connectivity index (χ4v) is 2.11. The SMILES string of the molecule is O=C(COc1ccc([N+](=O)[O-])cc1)NCC(O)c1cccc(C(F)(F)F)c1. The lowest BCUT2D eigenvalue weighted by atomic mass is 10.1. The molecule has 0 bridgehead atoms. The maximum Gasteiger partial charge on any atom is 0.416 e. The molecule has 2 aromatic rings. The molecular weight excluding hydrogens is 369 g/mol. The van der Waals surface area contributed by atoms with Gasteiger partial charge in [-0.3, -0.25) is 14.9 Å². The van der Waals surface area contributed by atoms with E-state index in [1.54, 1.807) is 0 Å². The fourth-order valence-electron chi connectivity index (χ4n) is 2.11. The molecule has 0 fully saturated rings. The Kier molecular flexibility index (Phi) is 6.35. The predicted molar refractivity (Wildman–Crippen MR) is 88.0 cm³/mol. The summed E-state index contributed by atoms with van der Waals surface area (Å²) in [5.41, 5.74) is -1.01. The van der Waals surface area contributed by atoms with E-state index in [9.17, 15) is 33.2 Å². The Morgan fingerprint density at radius 1 is 1.22 bits per heavy atom. The summed E-state index contributed by atoms with van der Waals surface area (Å²) in [5, 5.41) is 22.8. The quantitative estimate of drug-likeness (QED) is 0.565. The first-order valence-corrected chi connectivity index (χ1v) is 7.66. The van der Waals surface area contributed by atoms with Gasteiger partial charge in [0, 0.05) is 18.7 Å². The lowest BCUT2D eigenvalue weighted by molar-refractivity contribution is -0.384. The van der Waals surface area contributed by atoms with E-state index in [1.165, 1.54) is 36.4 Å². The number of ether oxygens (including phenoxy) is 1. The molecule has 0 saturated carbocycles. The van der Waals surface area contributed by atoms with Crippen LogP contribution in [-0.4, -0.2) is 29.1 Å². The van der Waals surface area contributed by atoms with E-state index in [2.05, 4.69) is 5.32 Å². The summed E-state index contributed by atoms with van der Waals surface area (Å²) in [6.45, 7) is -0.725. The van der Waals surface area contributed by atoms with E-state index < -0.39 is 35.3 Å². The number of nitrogens with one attached hydrogen (secondary N) is 1. The number of aliphatic hydroxyl groups excluding tert-OH is 1. The van der Waals surface area contributed by atoms with Crippen molar-refractivity contribution >= 4 is 11.6 Å². The standard InChI is InChI=1S/C17H15F3N2O5/c18-17(19,20)12-3-1-2-11(8-12)15(23)9-21-16(24)10-27-14-6-4-13(5-7-14)22(25)26/h1-8,15,23H,9-10H2,(H,21,24). The predicted octanol–water partition coefficient (Wildman–Crippen LogP) is 2.84. The van der Waals surface area contributed by atoms with Crippen molar-refractivity contribution in [2.45, 2.75) is 12.3 Å².